The third-order valence-electron chi connectivity index (χ3n) is 4.86. The number of benzene rings is 1. The molecule has 1 aromatic heterocycles. The zero-order valence-corrected chi connectivity index (χ0v) is 12.9. The molecule has 4 rings (SSSR count). The molecule has 6 nitrogen and oxygen atoms in total. The largest absolute Gasteiger partial charge is 0.493 e. The van der Waals surface area contributed by atoms with E-state index in [2.05, 4.69) is 14.9 Å². The maximum atomic E-state index is 5.93. The summed E-state index contributed by atoms with van der Waals surface area (Å²) in [6, 6.07) is 4.24. The van der Waals surface area contributed by atoms with Crippen molar-refractivity contribution in [3.8, 4) is 11.5 Å². The van der Waals surface area contributed by atoms with Crippen LogP contribution >= 0.6 is 0 Å². The number of ether oxygens (including phenoxy) is 2. The van der Waals surface area contributed by atoms with Gasteiger partial charge in [0.15, 0.2) is 11.5 Å². The number of hydrogen-bond donors (Lipinski definition) is 1. The van der Waals surface area contributed by atoms with E-state index in [1.807, 2.05) is 12.1 Å². The molecule has 2 aromatic rings. The highest BCUT2D eigenvalue weighted by molar-refractivity contribution is 5.92. The number of hydrogen-bond acceptors (Lipinski definition) is 6. The standard InChI is InChI=1S/C16H20N4O2/c1-21-13-3-11-12(4-14(13)22-2)18-9-19-15(11)20-7-16(8-20)5-10(17)6-16/h3-4,9-10H,5-8,17H2,1-2H3. The Labute approximate surface area is 129 Å². The number of nitrogens with two attached hydrogens (primary N) is 1. The Hall–Kier alpha value is -2.08. The monoisotopic (exact) mass is 300 g/mol. The van der Waals surface area contributed by atoms with Crippen molar-refractivity contribution in [1.82, 2.24) is 9.97 Å². The predicted molar refractivity (Wildman–Crippen MR) is 84.5 cm³/mol. The highest BCUT2D eigenvalue weighted by atomic mass is 16.5. The first-order valence-corrected chi connectivity index (χ1v) is 7.51. The van der Waals surface area contributed by atoms with E-state index >= 15 is 0 Å². The van der Waals surface area contributed by atoms with Crippen molar-refractivity contribution in [3.05, 3.63) is 18.5 Å². The second kappa shape index (κ2) is 4.71. The molecule has 2 heterocycles. The van der Waals surface area contributed by atoms with E-state index in [1.54, 1.807) is 20.5 Å². The average molecular weight is 300 g/mol. The minimum absolute atomic E-state index is 0.383. The molecule has 6 heteroatoms. The van der Waals surface area contributed by atoms with E-state index in [-0.39, 0.29) is 0 Å². The zero-order valence-electron chi connectivity index (χ0n) is 12.9. The van der Waals surface area contributed by atoms with Gasteiger partial charge in [-0.05, 0) is 18.9 Å². The third kappa shape index (κ3) is 1.90. The summed E-state index contributed by atoms with van der Waals surface area (Å²) in [4.78, 5) is 11.2. The summed E-state index contributed by atoms with van der Waals surface area (Å²) in [7, 11) is 3.27. The number of anilines is 1. The highest BCUT2D eigenvalue weighted by Gasteiger charge is 2.51. The van der Waals surface area contributed by atoms with Crippen LogP contribution in [0.5, 0.6) is 11.5 Å². The van der Waals surface area contributed by atoms with Crippen LogP contribution in [0.4, 0.5) is 5.82 Å². The molecule has 1 aliphatic heterocycles. The fourth-order valence-electron chi connectivity index (χ4n) is 3.85. The Morgan fingerprint density at radius 1 is 1.14 bits per heavy atom. The maximum Gasteiger partial charge on any atom is 0.162 e. The number of aromatic nitrogens is 2. The Morgan fingerprint density at radius 3 is 2.45 bits per heavy atom. The van der Waals surface area contributed by atoms with Gasteiger partial charge in [0, 0.05) is 36.0 Å². The highest BCUT2D eigenvalue weighted by Crippen LogP contribution is 2.49. The summed E-state index contributed by atoms with van der Waals surface area (Å²) >= 11 is 0. The summed E-state index contributed by atoms with van der Waals surface area (Å²) in [6.07, 6.45) is 3.87. The third-order valence-corrected chi connectivity index (χ3v) is 4.86. The van der Waals surface area contributed by atoms with Crippen LogP contribution in [-0.4, -0.2) is 43.3 Å². The van der Waals surface area contributed by atoms with E-state index in [1.165, 1.54) is 0 Å². The van der Waals surface area contributed by atoms with E-state index in [0.717, 1.165) is 42.7 Å². The number of fused-ring (bicyclic) bond motifs is 1. The van der Waals surface area contributed by atoms with Gasteiger partial charge in [-0.3, -0.25) is 0 Å². The molecule has 22 heavy (non-hydrogen) atoms. The first-order valence-electron chi connectivity index (χ1n) is 7.51. The van der Waals surface area contributed by atoms with Gasteiger partial charge < -0.3 is 20.1 Å². The van der Waals surface area contributed by atoms with Gasteiger partial charge in [0.2, 0.25) is 0 Å². The van der Waals surface area contributed by atoms with Gasteiger partial charge in [0.25, 0.3) is 0 Å². The molecule has 0 unspecified atom stereocenters. The summed E-state index contributed by atoms with van der Waals surface area (Å²) < 4.78 is 10.7. The predicted octanol–water partition coefficient (Wildman–Crippen LogP) is 1.57. The minimum Gasteiger partial charge on any atom is -0.493 e. The van der Waals surface area contributed by atoms with Crippen LogP contribution in [0.15, 0.2) is 18.5 Å². The molecular weight excluding hydrogens is 280 g/mol. The van der Waals surface area contributed by atoms with Crippen molar-refractivity contribution in [2.24, 2.45) is 11.1 Å². The van der Waals surface area contributed by atoms with Crippen molar-refractivity contribution >= 4 is 16.7 Å². The lowest BCUT2D eigenvalue weighted by Gasteiger charge is -2.58. The zero-order chi connectivity index (χ0) is 15.3. The lowest BCUT2D eigenvalue weighted by molar-refractivity contribution is 0.0661. The van der Waals surface area contributed by atoms with Crippen molar-refractivity contribution in [3.63, 3.8) is 0 Å². The van der Waals surface area contributed by atoms with Gasteiger partial charge in [-0.25, -0.2) is 9.97 Å². The molecule has 0 atom stereocenters. The topological polar surface area (TPSA) is 73.5 Å². The molecule has 2 aliphatic rings. The van der Waals surface area contributed by atoms with Gasteiger partial charge in [-0.15, -0.1) is 0 Å². The van der Waals surface area contributed by atoms with Gasteiger partial charge in [-0.2, -0.15) is 0 Å². The molecule has 2 N–H and O–H groups in total. The molecule has 1 spiro atoms. The SMILES string of the molecule is COc1cc2ncnc(N3CC4(CC(N)C4)C3)c2cc1OC. The molecule has 1 saturated heterocycles. The van der Waals surface area contributed by atoms with Crippen LogP contribution in [0, 0.1) is 5.41 Å². The normalized spacial score (nSPS) is 19.9. The van der Waals surface area contributed by atoms with Gasteiger partial charge in [-0.1, -0.05) is 0 Å². The fourth-order valence-corrected chi connectivity index (χ4v) is 3.85. The van der Waals surface area contributed by atoms with Gasteiger partial charge >= 0.3 is 0 Å². The van der Waals surface area contributed by atoms with Gasteiger partial charge in [0.05, 0.1) is 19.7 Å². The fraction of sp³-hybridized carbons (Fsp3) is 0.500. The van der Waals surface area contributed by atoms with Gasteiger partial charge in [0.1, 0.15) is 12.1 Å². The lowest BCUT2D eigenvalue weighted by atomic mass is 9.61. The number of methoxy groups -OCH3 is 2. The first-order chi connectivity index (χ1) is 10.6. The average Bonchev–Trinajstić information content (AvgIpc) is 2.47. The Balaban J connectivity index is 1.69. The van der Waals surface area contributed by atoms with Crippen molar-refractivity contribution in [2.45, 2.75) is 18.9 Å². The summed E-state index contributed by atoms with van der Waals surface area (Å²) in [5.41, 5.74) is 7.23. The van der Waals surface area contributed by atoms with E-state index < -0.39 is 0 Å². The lowest BCUT2D eigenvalue weighted by Crippen LogP contribution is -2.65. The summed E-state index contributed by atoms with van der Waals surface area (Å²) in [5, 5.41) is 0.999. The van der Waals surface area contributed by atoms with Crippen molar-refractivity contribution < 1.29 is 9.47 Å². The van der Waals surface area contributed by atoms with E-state index in [4.69, 9.17) is 15.2 Å². The van der Waals surface area contributed by atoms with Crippen LogP contribution < -0.4 is 20.1 Å². The quantitative estimate of drug-likeness (QED) is 0.927. The molecule has 116 valence electrons. The molecule has 0 amide bonds. The molecule has 0 radical (unpaired) electrons. The van der Waals surface area contributed by atoms with Crippen LogP contribution in [0.1, 0.15) is 12.8 Å². The maximum absolute atomic E-state index is 5.93. The Morgan fingerprint density at radius 2 is 1.82 bits per heavy atom. The smallest absolute Gasteiger partial charge is 0.162 e. The molecule has 1 saturated carbocycles. The number of nitrogens with zero attached hydrogens (tertiary/aromatic N) is 3. The summed E-state index contributed by atoms with van der Waals surface area (Å²) in [6.45, 7) is 2.06. The molecule has 1 aliphatic carbocycles. The molecular formula is C16H20N4O2. The van der Waals surface area contributed by atoms with Crippen LogP contribution in [0.2, 0.25) is 0 Å². The van der Waals surface area contributed by atoms with Crippen LogP contribution in [-0.2, 0) is 0 Å². The van der Waals surface area contributed by atoms with Crippen LogP contribution in [0.25, 0.3) is 10.9 Å². The van der Waals surface area contributed by atoms with Crippen molar-refractivity contribution in [2.75, 3.05) is 32.2 Å². The Kier molecular flexibility index (Phi) is 2.91. The van der Waals surface area contributed by atoms with Crippen molar-refractivity contribution in [1.29, 1.82) is 0 Å². The molecule has 1 aromatic carbocycles. The minimum atomic E-state index is 0.383. The van der Waals surface area contributed by atoms with E-state index in [9.17, 15) is 0 Å². The molecule has 0 bridgehead atoms. The first kappa shape index (κ1) is 13.6. The number of rotatable bonds is 3. The Bertz CT molecular complexity index is 719. The van der Waals surface area contributed by atoms with Crippen LogP contribution in [0.3, 0.4) is 0 Å². The summed E-state index contributed by atoms with van der Waals surface area (Å²) in [5.74, 6) is 2.36. The van der Waals surface area contributed by atoms with E-state index in [0.29, 0.717) is 23.0 Å². The second-order valence-corrected chi connectivity index (χ2v) is 6.45. The molecule has 2 fully saturated rings. The second-order valence-electron chi connectivity index (χ2n) is 6.45.